The van der Waals surface area contributed by atoms with E-state index in [4.69, 9.17) is 20.3 Å². The van der Waals surface area contributed by atoms with Gasteiger partial charge in [0.05, 0.1) is 34.8 Å². The van der Waals surface area contributed by atoms with Crippen molar-refractivity contribution in [2.75, 3.05) is 11.5 Å². The summed E-state index contributed by atoms with van der Waals surface area (Å²) < 4.78 is 13.7. The molecular formula is C29H27N5O3. The maximum Gasteiger partial charge on any atom is 0.248 e. The van der Waals surface area contributed by atoms with Crippen LogP contribution in [0.3, 0.4) is 0 Å². The van der Waals surface area contributed by atoms with Gasteiger partial charge in [-0.3, -0.25) is 4.79 Å². The number of aryl methyl sites for hydroxylation is 1. The van der Waals surface area contributed by atoms with E-state index in [-0.39, 0.29) is 17.4 Å². The maximum atomic E-state index is 14.8. The van der Waals surface area contributed by atoms with Gasteiger partial charge in [-0.1, -0.05) is 24.3 Å². The minimum atomic E-state index is -1.53. The van der Waals surface area contributed by atoms with Crippen LogP contribution in [-0.4, -0.2) is 27.8 Å². The first-order valence-electron chi connectivity index (χ1n) is 12.3. The summed E-state index contributed by atoms with van der Waals surface area (Å²) in [5.41, 5.74) is 9.51. The molecule has 0 saturated carbocycles. The second kappa shape index (κ2) is 7.50. The van der Waals surface area contributed by atoms with Crippen molar-refractivity contribution in [3.8, 4) is 23.4 Å². The van der Waals surface area contributed by atoms with Crippen LogP contribution in [0.25, 0.3) is 11.3 Å². The molecule has 8 heteroatoms. The number of nitrogens with zero attached hydrogens (tertiary/aromatic N) is 4. The van der Waals surface area contributed by atoms with Crippen molar-refractivity contribution in [2.45, 2.75) is 45.6 Å². The summed E-state index contributed by atoms with van der Waals surface area (Å²) in [4.78, 5) is 16.6. The molecule has 1 aromatic heterocycles. The highest BCUT2D eigenvalue weighted by Gasteiger charge is 2.64. The first kappa shape index (κ1) is 22.9. The Labute approximate surface area is 215 Å². The SMILES string of the molecule is CCOc1cc2c3c(c1)[C@@]1(C(=O)N3C(C)(C)C=C2C)C(C#N)=C(N)Oc2c1c(C)nn2-c1ccccc1. The van der Waals surface area contributed by atoms with Crippen molar-refractivity contribution < 1.29 is 14.3 Å². The average Bonchev–Trinajstić information content (AvgIpc) is 3.31. The number of nitriles is 1. The molecule has 1 spiro atoms. The van der Waals surface area contributed by atoms with Crippen LogP contribution in [-0.2, 0) is 10.2 Å². The number of hydrogen-bond donors (Lipinski definition) is 1. The van der Waals surface area contributed by atoms with Crippen LogP contribution in [0.4, 0.5) is 5.69 Å². The minimum Gasteiger partial charge on any atom is -0.494 e. The normalized spacial score (nSPS) is 20.8. The van der Waals surface area contributed by atoms with Gasteiger partial charge in [-0.25, -0.2) is 4.68 Å². The Morgan fingerprint density at radius 2 is 1.92 bits per heavy atom. The van der Waals surface area contributed by atoms with Gasteiger partial charge in [0.15, 0.2) is 0 Å². The predicted molar refractivity (Wildman–Crippen MR) is 139 cm³/mol. The lowest BCUT2D eigenvalue weighted by molar-refractivity contribution is -0.121. The highest BCUT2D eigenvalue weighted by molar-refractivity contribution is 6.18. The highest BCUT2D eigenvalue weighted by Crippen LogP contribution is 2.61. The van der Waals surface area contributed by atoms with Crippen LogP contribution in [0.1, 0.15) is 50.1 Å². The molecule has 2 N–H and O–H groups in total. The smallest absolute Gasteiger partial charge is 0.248 e. The third kappa shape index (κ3) is 2.77. The first-order valence-corrected chi connectivity index (χ1v) is 12.3. The fourth-order valence-corrected chi connectivity index (χ4v) is 6.16. The lowest BCUT2D eigenvalue weighted by atomic mass is 9.68. The molecule has 37 heavy (non-hydrogen) atoms. The Morgan fingerprint density at radius 1 is 1.19 bits per heavy atom. The first-order chi connectivity index (χ1) is 17.7. The molecule has 0 unspecified atom stereocenters. The Morgan fingerprint density at radius 3 is 2.59 bits per heavy atom. The van der Waals surface area contributed by atoms with E-state index >= 15 is 0 Å². The van der Waals surface area contributed by atoms with Crippen molar-refractivity contribution in [3.05, 3.63) is 82.4 Å². The fraction of sp³-hybridized carbons (Fsp3) is 0.276. The Hall–Kier alpha value is -4.51. The summed E-state index contributed by atoms with van der Waals surface area (Å²) in [6.07, 6.45) is 2.07. The second-order valence-electron chi connectivity index (χ2n) is 10.1. The number of aromatic nitrogens is 2. The zero-order valence-corrected chi connectivity index (χ0v) is 21.4. The third-order valence-electron chi connectivity index (χ3n) is 7.45. The van der Waals surface area contributed by atoms with Crippen LogP contribution in [0, 0.1) is 18.3 Å². The van der Waals surface area contributed by atoms with Gasteiger partial charge in [0.1, 0.15) is 22.8 Å². The van der Waals surface area contributed by atoms with Gasteiger partial charge in [0, 0.05) is 11.1 Å². The summed E-state index contributed by atoms with van der Waals surface area (Å²) in [5, 5.41) is 15.2. The summed E-state index contributed by atoms with van der Waals surface area (Å²) in [6.45, 7) is 10.2. The van der Waals surface area contributed by atoms with E-state index in [0.29, 0.717) is 35.1 Å². The molecule has 1 amide bonds. The van der Waals surface area contributed by atoms with Crippen LogP contribution < -0.4 is 20.1 Å². The molecule has 0 bridgehead atoms. The Bertz CT molecular complexity index is 1610. The van der Waals surface area contributed by atoms with E-state index in [0.717, 1.165) is 22.5 Å². The van der Waals surface area contributed by atoms with Gasteiger partial charge in [0.2, 0.25) is 17.7 Å². The Balaban J connectivity index is 1.77. The van der Waals surface area contributed by atoms with Crippen molar-refractivity contribution in [1.29, 1.82) is 5.26 Å². The van der Waals surface area contributed by atoms with Gasteiger partial charge in [-0.2, -0.15) is 10.4 Å². The lowest BCUT2D eigenvalue weighted by Crippen LogP contribution is -2.53. The molecule has 0 fully saturated rings. The number of hydrogen-bond acceptors (Lipinski definition) is 6. The molecule has 0 radical (unpaired) electrons. The van der Waals surface area contributed by atoms with E-state index < -0.39 is 11.0 Å². The number of amides is 1. The molecule has 1 atom stereocenters. The summed E-state index contributed by atoms with van der Waals surface area (Å²) >= 11 is 0. The molecule has 2 aromatic carbocycles. The van der Waals surface area contributed by atoms with Crippen molar-refractivity contribution in [3.63, 3.8) is 0 Å². The third-order valence-corrected chi connectivity index (χ3v) is 7.45. The largest absolute Gasteiger partial charge is 0.494 e. The fourth-order valence-electron chi connectivity index (χ4n) is 6.16. The van der Waals surface area contributed by atoms with Crippen molar-refractivity contribution in [1.82, 2.24) is 9.78 Å². The zero-order chi connectivity index (χ0) is 26.3. The zero-order valence-electron chi connectivity index (χ0n) is 21.4. The number of allylic oxidation sites excluding steroid dienone is 1. The van der Waals surface area contributed by atoms with Gasteiger partial charge in [0.25, 0.3) is 0 Å². The van der Waals surface area contributed by atoms with E-state index in [1.54, 1.807) is 9.58 Å². The highest BCUT2D eigenvalue weighted by atomic mass is 16.5. The molecule has 3 aromatic rings. The maximum absolute atomic E-state index is 14.8. The van der Waals surface area contributed by atoms with E-state index in [1.165, 1.54) is 0 Å². The van der Waals surface area contributed by atoms with Gasteiger partial charge in [-0.15, -0.1) is 0 Å². The summed E-state index contributed by atoms with van der Waals surface area (Å²) in [6, 6.07) is 15.6. The number of para-hydroxylation sites is 1. The number of carbonyl (C=O) groups is 1. The molecular weight excluding hydrogens is 466 g/mol. The van der Waals surface area contributed by atoms with E-state index in [9.17, 15) is 10.1 Å². The lowest BCUT2D eigenvalue weighted by Gasteiger charge is -2.40. The second-order valence-corrected chi connectivity index (χ2v) is 10.1. The quantitative estimate of drug-likeness (QED) is 0.576. The molecule has 0 saturated heterocycles. The summed E-state index contributed by atoms with van der Waals surface area (Å²) in [7, 11) is 0. The van der Waals surface area contributed by atoms with Crippen molar-refractivity contribution >= 4 is 17.2 Å². The number of rotatable bonds is 3. The topological polar surface area (TPSA) is 106 Å². The minimum absolute atomic E-state index is 0.0550. The van der Waals surface area contributed by atoms with E-state index in [2.05, 4.69) is 12.1 Å². The molecule has 6 rings (SSSR count). The molecule has 8 nitrogen and oxygen atoms in total. The summed E-state index contributed by atoms with van der Waals surface area (Å²) in [5.74, 6) is 0.574. The molecule has 186 valence electrons. The molecule has 4 heterocycles. The average molecular weight is 494 g/mol. The van der Waals surface area contributed by atoms with Gasteiger partial charge >= 0.3 is 0 Å². The number of benzene rings is 2. The van der Waals surface area contributed by atoms with Crippen LogP contribution in [0.5, 0.6) is 11.6 Å². The number of ether oxygens (including phenoxy) is 2. The predicted octanol–water partition coefficient (Wildman–Crippen LogP) is 4.49. The van der Waals surface area contributed by atoms with Gasteiger partial charge < -0.3 is 20.1 Å². The standard InChI is InChI=1S/C29H27N5O3/c1-6-36-19-12-20-16(2)14-28(4,5)33-24(20)21(13-19)29(27(33)35)22(15-30)25(31)37-26-23(29)17(3)32-34(26)18-10-8-7-9-11-18/h7-14H,6,31H2,1-5H3/t29-/m1/s1. The van der Waals surface area contributed by atoms with Crippen molar-refractivity contribution in [2.24, 2.45) is 5.73 Å². The molecule has 3 aliphatic rings. The number of fused-ring (bicyclic) bond motifs is 3. The monoisotopic (exact) mass is 493 g/mol. The number of carbonyl (C=O) groups excluding carboxylic acids is 1. The Kier molecular flexibility index (Phi) is 4.64. The number of anilines is 1. The molecule has 3 aliphatic heterocycles. The van der Waals surface area contributed by atoms with Crippen LogP contribution >= 0.6 is 0 Å². The molecule has 0 aliphatic carbocycles. The van der Waals surface area contributed by atoms with E-state index in [1.807, 2.05) is 77.1 Å². The van der Waals surface area contributed by atoms with Crippen LogP contribution in [0.2, 0.25) is 0 Å². The number of nitrogens with two attached hydrogens (primary N) is 1. The van der Waals surface area contributed by atoms with Crippen LogP contribution in [0.15, 0.2) is 60.0 Å². The van der Waals surface area contributed by atoms with Gasteiger partial charge in [-0.05, 0) is 64.5 Å².